The van der Waals surface area contributed by atoms with Gasteiger partial charge in [0.05, 0.1) is 12.1 Å². The average Bonchev–Trinajstić information content (AvgIpc) is 2.35. The van der Waals surface area contributed by atoms with Crippen molar-refractivity contribution >= 4 is 23.3 Å². The van der Waals surface area contributed by atoms with Gasteiger partial charge in [0.2, 0.25) is 5.91 Å². The van der Waals surface area contributed by atoms with Crippen LogP contribution in [0.1, 0.15) is 31.1 Å². The van der Waals surface area contributed by atoms with Gasteiger partial charge in [-0.05, 0) is 39.0 Å². The van der Waals surface area contributed by atoms with Crippen LogP contribution in [-0.2, 0) is 4.79 Å². The number of carbonyl (C=O) groups excluding carboxylic acids is 1. The van der Waals surface area contributed by atoms with E-state index in [-0.39, 0.29) is 29.7 Å². The van der Waals surface area contributed by atoms with Crippen LogP contribution in [0.3, 0.4) is 0 Å². The summed E-state index contributed by atoms with van der Waals surface area (Å²) in [4.78, 5) is 24.7. The predicted molar refractivity (Wildman–Crippen MR) is 79.0 cm³/mol. The Morgan fingerprint density at radius 3 is 2.55 bits per heavy atom. The van der Waals surface area contributed by atoms with Crippen LogP contribution in [0.15, 0.2) is 18.2 Å². The summed E-state index contributed by atoms with van der Waals surface area (Å²) in [7, 11) is 0. The molecule has 110 valence electrons. The van der Waals surface area contributed by atoms with E-state index in [0.717, 1.165) is 0 Å². The molecule has 1 aromatic carbocycles. The molecule has 0 aliphatic carbocycles. The highest BCUT2D eigenvalue weighted by Gasteiger charge is 2.14. The number of nitrogens with one attached hydrogen (secondary N) is 1. The molecule has 0 fully saturated rings. The van der Waals surface area contributed by atoms with Crippen LogP contribution in [0.4, 0.5) is 11.4 Å². The van der Waals surface area contributed by atoms with Gasteiger partial charge in [-0.1, -0.05) is 0 Å². The van der Waals surface area contributed by atoms with Crippen LogP contribution in [0, 0.1) is 0 Å². The first-order valence-corrected chi connectivity index (χ1v) is 6.52. The number of nitrogens with two attached hydrogens (primary N) is 1. The standard InChI is InChI=1S/C14H21N3O3/c1-4-17(8-13(18)16-9(2)3)10-5-6-12(15)11(7-10)14(19)20/h5-7,9H,4,8,15H2,1-3H3,(H,16,18)(H,19,20). The molecule has 0 bridgehead atoms. The fourth-order valence-corrected chi connectivity index (χ4v) is 1.85. The monoisotopic (exact) mass is 279 g/mol. The van der Waals surface area contributed by atoms with Crippen molar-refractivity contribution in [3.05, 3.63) is 23.8 Å². The third-order valence-corrected chi connectivity index (χ3v) is 2.80. The van der Waals surface area contributed by atoms with E-state index in [1.807, 2.05) is 20.8 Å². The molecule has 1 aromatic rings. The minimum atomic E-state index is -1.08. The van der Waals surface area contributed by atoms with Crippen molar-refractivity contribution in [1.82, 2.24) is 5.32 Å². The fourth-order valence-electron chi connectivity index (χ4n) is 1.85. The number of amides is 1. The van der Waals surface area contributed by atoms with Crippen LogP contribution in [0.25, 0.3) is 0 Å². The van der Waals surface area contributed by atoms with Crippen molar-refractivity contribution in [1.29, 1.82) is 0 Å². The highest BCUT2D eigenvalue weighted by atomic mass is 16.4. The van der Waals surface area contributed by atoms with Crippen molar-refractivity contribution in [2.24, 2.45) is 0 Å². The number of nitrogen functional groups attached to an aromatic ring is 1. The zero-order valence-electron chi connectivity index (χ0n) is 12.0. The Bertz CT molecular complexity index is 500. The summed E-state index contributed by atoms with van der Waals surface area (Å²) in [6, 6.07) is 4.82. The number of carbonyl (C=O) groups is 2. The zero-order chi connectivity index (χ0) is 15.3. The Hall–Kier alpha value is -2.24. The number of aromatic carboxylic acids is 1. The quantitative estimate of drug-likeness (QED) is 0.682. The number of likely N-dealkylation sites (N-methyl/N-ethyl adjacent to an activating group) is 1. The second kappa shape index (κ2) is 6.79. The molecule has 1 amide bonds. The van der Waals surface area contributed by atoms with Gasteiger partial charge in [-0.3, -0.25) is 4.79 Å². The molecule has 0 aromatic heterocycles. The number of carboxylic acids is 1. The predicted octanol–water partition coefficient (Wildman–Crippen LogP) is 1.32. The highest BCUT2D eigenvalue weighted by molar-refractivity contribution is 5.95. The highest BCUT2D eigenvalue weighted by Crippen LogP contribution is 2.21. The average molecular weight is 279 g/mol. The van der Waals surface area contributed by atoms with Crippen LogP contribution >= 0.6 is 0 Å². The van der Waals surface area contributed by atoms with E-state index in [0.29, 0.717) is 12.2 Å². The van der Waals surface area contributed by atoms with E-state index in [1.54, 1.807) is 17.0 Å². The summed E-state index contributed by atoms with van der Waals surface area (Å²) in [5.74, 6) is -1.18. The number of hydrogen-bond donors (Lipinski definition) is 3. The third kappa shape index (κ3) is 4.15. The van der Waals surface area contributed by atoms with Crippen molar-refractivity contribution < 1.29 is 14.7 Å². The van der Waals surface area contributed by atoms with Crippen molar-refractivity contribution in [2.75, 3.05) is 23.7 Å². The molecule has 0 spiro atoms. The van der Waals surface area contributed by atoms with Gasteiger partial charge in [0.25, 0.3) is 0 Å². The molecule has 4 N–H and O–H groups in total. The second-order valence-electron chi connectivity index (χ2n) is 4.81. The van der Waals surface area contributed by atoms with E-state index >= 15 is 0 Å². The van der Waals surface area contributed by atoms with Gasteiger partial charge >= 0.3 is 5.97 Å². The van der Waals surface area contributed by atoms with Crippen LogP contribution in [0.5, 0.6) is 0 Å². The second-order valence-corrected chi connectivity index (χ2v) is 4.81. The van der Waals surface area contributed by atoms with Gasteiger partial charge < -0.3 is 21.1 Å². The van der Waals surface area contributed by atoms with Crippen molar-refractivity contribution in [3.63, 3.8) is 0 Å². The Morgan fingerprint density at radius 1 is 1.40 bits per heavy atom. The van der Waals surface area contributed by atoms with E-state index in [2.05, 4.69) is 5.32 Å². The van der Waals surface area contributed by atoms with Gasteiger partial charge in [-0.25, -0.2) is 4.79 Å². The molecule has 0 radical (unpaired) electrons. The summed E-state index contributed by atoms with van der Waals surface area (Å²) in [6.45, 7) is 6.45. The first-order chi connectivity index (χ1) is 9.35. The zero-order valence-corrected chi connectivity index (χ0v) is 12.0. The number of benzene rings is 1. The molecule has 0 unspecified atom stereocenters. The minimum absolute atomic E-state index is 0.0465. The Labute approximate surface area is 118 Å². The van der Waals surface area contributed by atoms with Crippen LogP contribution in [0.2, 0.25) is 0 Å². The first-order valence-electron chi connectivity index (χ1n) is 6.52. The van der Waals surface area contributed by atoms with Gasteiger partial charge in [0.1, 0.15) is 0 Å². The summed E-state index contributed by atoms with van der Waals surface area (Å²) in [6.07, 6.45) is 0. The maximum absolute atomic E-state index is 11.8. The molecular weight excluding hydrogens is 258 g/mol. The normalized spacial score (nSPS) is 10.4. The summed E-state index contributed by atoms with van der Waals surface area (Å²) in [5.41, 5.74) is 6.54. The lowest BCUT2D eigenvalue weighted by Gasteiger charge is -2.23. The Balaban J connectivity index is 2.92. The smallest absolute Gasteiger partial charge is 0.337 e. The minimum Gasteiger partial charge on any atom is -0.478 e. The molecule has 0 aliphatic rings. The summed E-state index contributed by atoms with van der Waals surface area (Å²) >= 11 is 0. The van der Waals surface area contributed by atoms with Gasteiger partial charge in [-0.15, -0.1) is 0 Å². The lowest BCUT2D eigenvalue weighted by Crippen LogP contribution is -2.40. The molecule has 6 heteroatoms. The molecule has 0 saturated heterocycles. The molecule has 20 heavy (non-hydrogen) atoms. The Morgan fingerprint density at radius 2 is 2.05 bits per heavy atom. The third-order valence-electron chi connectivity index (χ3n) is 2.80. The maximum atomic E-state index is 11.8. The number of hydrogen-bond acceptors (Lipinski definition) is 4. The largest absolute Gasteiger partial charge is 0.478 e. The van der Waals surface area contributed by atoms with E-state index < -0.39 is 5.97 Å². The van der Waals surface area contributed by atoms with Crippen LogP contribution < -0.4 is 16.0 Å². The van der Waals surface area contributed by atoms with Crippen molar-refractivity contribution in [2.45, 2.75) is 26.8 Å². The van der Waals surface area contributed by atoms with E-state index in [4.69, 9.17) is 10.8 Å². The Kier molecular flexibility index (Phi) is 5.37. The fraction of sp³-hybridized carbons (Fsp3) is 0.429. The SMILES string of the molecule is CCN(CC(=O)NC(C)C)c1ccc(N)c(C(=O)O)c1. The molecule has 6 nitrogen and oxygen atoms in total. The number of rotatable bonds is 6. The maximum Gasteiger partial charge on any atom is 0.337 e. The summed E-state index contributed by atoms with van der Waals surface area (Å²) in [5, 5.41) is 11.9. The van der Waals surface area contributed by atoms with E-state index in [9.17, 15) is 9.59 Å². The topological polar surface area (TPSA) is 95.7 Å². The molecule has 0 aliphatic heterocycles. The summed E-state index contributed by atoms with van der Waals surface area (Å²) < 4.78 is 0. The number of carboxylic acid groups (broad SMARTS) is 1. The van der Waals surface area contributed by atoms with Crippen LogP contribution in [-0.4, -0.2) is 36.1 Å². The molecule has 0 saturated carbocycles. The lowest BCUT2D eigenvalue weighted by atomic mass is 10.1. The molecule has 1 rings (SSSR count). The first kappa shape index (κ1) is 15.8. The number of anilines is 2. The van der Waals surface area contributed by atoms with Gasteiger partial charge in [0, 0.05) is 24.0 Å². The molecule has 0 atom stereocenters. The number of nitrogens with zero attached hydrogens (tertiary/aromatic N) is 1. The molecule has 0 heterocycles. The van der Waals surface area contributed by atoms with Gasteiger partial charge in [0.15, 0.2) is 0 Å². The van der Waals surface area contributed by atoms with E-state index in [1.165, 1.54) is 6.07 Å². The van der Waals surface area contributed by atoms with Gasteiger partial charge in [-0.2, -0.15) is 0 Å². The van der Waals surface area contributed by atoms with Crippen molar-refractivity contribution in [3.8, 4) is 0 Å². The molecular formula is C14H21N3O3. The lowest BCUT2D eigenvalue weighted by molar-refractivity contribution is -0.120.